The van der Waals surface area contributed by atoms with Crippen LogP contribution in [0, 0.1) is 0 Å². The lowest BCUT2D eigenvalue weighted by molar-refractivity contribution is -0.00272. The molecule has 1 aromatic carbocycles. The Morgan fingerprint density at radius 2 is 1.86 bits per heavy atom. The minimum Gasteiger partial charge on any atom is -0.329 e. The van der Waals surface area contributed by atoms with Gasteiger partial charge in [-0.3, -0.25) is 0 Å². The molecule has 0 spiro atoms. The van der Waals surface area contributed by atoms with Crippen LogP contribution < -0.4 is 11.1 Å². The number of rotatable bonds is 5. The van der Waals surface area contributed by atoms with Gasteiger partial charge in [0.25, 0.3) is 5.92 Å². The van der Waals surface area contributed by atoms with Gasteiger partial charge in [0, 0.05) is 18.7 Å². The Morgan fingerprint density at radius 1 is 1.21 bits per heavy atom. The molecule has 4 heteroatoms. The van der Waals surface area contributed by atoms with E-state index in [1.54, 1.807) is 18.2 Å². The Morgan fingerprint density at radius 3 is 2.43 bits per heavy atom. The van der Waals surface area contributed by atoms with Crippen molar-refractivity contribution in [3.63, 3.8) is 0 Å². The predicted molar refractivity (Wildman–Crippen MR) is 52.3 cm³/mol. The summed E-state index contributed by atoms with van der Waals surface area (Å²) < 4.78 is 26.8. The molecule has 0 amide bonds. The average molecular weight is 200 g/mol. The van der Waals surface area contributed by atoms with Gasteiger partial charge in [0.05, 0.1) is 6.54 Å². The van der Waals surface area contributed by atoms with Crippen LogP contribution in [-0.2, 0) is 5.92 Å². The van der Waals surface area contributed by atoms with Crippen LogP contribution in [0.3, 0.4) is 0 Å². The van der Waals surface area contributed by atoms with Gasteiger partial charge in [-0.1, -0.05) is 30.3 Å². The van der Waals surface area contributed by atoms with Crippen molar-refractivity contribution in [3.8, 4) is 0 Å². The van der Waals surface area contributed by atoms with Crippen molar-refractivity contribution in [2.24, 2.45) is 5.73 Å². The van der Waals surface area contributed by atoms with Gasteiger partial charge in [-0.2, -0.15) is 8.78 Å². The number of halogens is 2. The molecule has 3 N–H and O–H groups in total. The van der Waals surface area contributed by atoms with Crippen molar-refractivity contribution in [1.29, 1.82) is 0 Å². The Bertz CT molecular complexity index is 262. The third-order valence-electron chi connectivity index (χ3n) is 1.86. The average Bonchev–Trinajstić information content (AvgIpc) is 2.19. The normalized spacial score (nSPS) is 11.6. The summed E-state index contributed by atoms with van der Waals surface area (Å²) in [6, 6.07) is 7.76. The van der Waals surface area contributed by atoms with E-state index in [4.69, 9.17) is 5.73 Å². The van der Waals surface area contributed by atoms with E-state index in [1.165, 1.54) is 12.1 Å². The first-order chi connectivity index (χ1) is 6.67. The summed E-state index contributed by atoms with van der Waals surface area (Å²) in [4.78, 5) is 0. The van der Waals surface area contributed by atoms with Gasteiger partial charge in [0.2, 0.25) is 0 Å². The van der Waals surface area contributed by atoms with E-state index in [0.29, 0.717) is 13.1 Å². The van der Waals surface area contributed by atoms with Gasteiger partial charge in [-0.15, -0.1) is 0 Å². The number of benzene rings is 1. The van der Waals surface area contributed by atoms with E-state index < -0.39 is 5.92 Å². The molecule has 0 aliphatic carbocycles. The van der Waals surface area contributed by atoms with E-state index in [2.05, 4.69) is 5.32 Å². The molecule has 0 aromatic heterocycles. The Kier molecular flexibility index (Phi) is 3.98. The van der Waals surface area contributed by atoms with Crippen LogP contribution in [-0.4, -0.2) is 19.6 Å². The molecule has 0 saturated heterocycles. The second-order valence-electron chi connectivity index (χ2n) is 3.04. The lowest BCUT2D eigenvalue weighted by atomic mass is 10.1. The quantitative estimate of drug-likeness (QED) is 0.704. The summed E-state index contributed by atoms with van der Waals surface area (Å²) in [7, 11) is 0. The number of hydrogen-bond acceptors (Lipinski definition) is 2. The molecule has 0 heterocycles. The fourth-order valence-electron chi connectivity index (χ4n) is 1.13. The number of alkyl halides is 2. The highest BCUT2D eigenvalue weighted by Gasteiger charge is 2.30. The molecule has 0 atom stereocenters. The Labute approximate surface area is 82.1 Å². The van der Waals surface area contributed by atoms with Crippen LogP contribution in [0.1, 0.15) is 5.56 Å². The molecule has 78 valence electrons. The molecule has 0 radical (unpaired) electrons. The molecular weight excluding hydrogens is 186 g/mol. The zero-order chi connectivity index (χ0) is 10.4. The van der Waals surface area contributed by atoms with Crippen LogP contribution in [0.4, 0.5) is 8.78 Å². The van der Waals surface area contributed by atoms with Gasteiger partial charge < -0.3 is 11.1 Å². The Hall–Kier alpha value is -1.00. The van der Waals surface area contributed by atoms with Gasteiger partial charge in [-0.25, -0.2) is 0 Å². The monoisotopic (exact) mass is 200 g/mol. The Balaban J connectivity index is 2.56. The van der Waals surface area contributed by atoms with Crippen LogP contribution in [0.2, 0.25) is 0 Å². The van der Waals surface area contributed by atoms with Crippen LogP contribution in [0.15, 0.2) is 30.3 Å². The number of nitrogens with one attached hydrogen (secondary N) is 1. The van der Waals surface area contributed by atoms with Crippen LogP contribution in [0.5, 0.6) is 0 Å². The van der Waals surface area contributed by atoms with Crippen molar-refractivity contribution in [1.82, 2.24) is 5.32 Å². The van der Waals surface area contributed by atoms with Crippen molar-refractivity contribution >= 4 is 0 Å². The summed E-state index contributed by atoms with van der Waals surface area (Å²) in [5.74, 6) is -2.82. The SMILES string of the molecule is NCCNCC(F)(F)c1ccccc1. The summed E-state index contributed by atoms with van der Waals surface area (Å²) in [6.07, 6.45) is 0. The first-order valence-electron chi connectivity index (χ1n) is 4.51. The smallest absolute Gasteiger partial charge is 0.285 e. The molecular formula is C10H14F2N2. The first kappa shape index (κ1) is 11.1. The maximum atomic E-state index is 13.4. The molecule has 0 saturated carbocycles. The zero-order valence-electron chi connectivity index (χ0n) is 7.84. The van der Waals surface area contributed by atoms with E-state index in [-0.39, 0.29) is 12.1 Å². The largest absolute Gasteiger partial charge is 0.329 e. The molecule has 2 nitrogen and oxygen atoms in total. The molecule has 0 unspecified atom stereocenters. The van der Waals surface area contributed by atoms with Gasteiger partial charge in [-0.05, 0) is 0 Å². The van der Waals surface area contributed by atoms with Gasteiger partial charge in [0.1, 0.15) is 0 Å². The minimum absolute atomic E-state index is 0.0320. The van der Waals surface area contributed by atoms with Crippen LogP contribution >= 0.6 is 0 Å². The lowest BCUT2D eigenvalue weighted by Gasteiger charge is -2.16. The van der Waals surface area contributed by atoms with Crippen molar-refractivity contribution in [3.05, 3.63) is 35.9 Å². The fourth-order valence-corrected chi connectivity index (χ4v) is 1.13. The summed E-state index contributed by atoms with van der Waals surface area (Å²) in [5.41, 5.74) is 5.22. The molecule has 0 fully saturated rings. The third kappa shape index (κ3) is 3.05. The maximum Gasteiger partial charge on any atom is 0.285 e. The first-order valence-corrected chi connectivity index (χ1v) is 4.51. The fraction of sp³-hybridized carbons (Fsp3) is 0.400. The second-order valence-corrected chi connectivity index (χ2v) is 3.04. The maximum absolute atomic E-state index is 13.4. The summed E-state index contributed by atoms with van der Waals surface area (Å²) in [5, 5.41) is 2.60. The van der Waals surface area contributed by atoms with Gasteiger partial charge in [0.15, 0.2) is 0 Å². The number of nitrogens with two attached hydrogens (primary N) is 1. The number of hydrogen-bond donors (Lipinski definition) is 2. The van der Waals surface area contributed by atoms with Crippen LogP contribution in [0.25, 0.3) is 0 Å². The highest BCUT2D eigenvalue weighted by Crippen LogP contribution is 2.26. The molecule has 0 aliphatic heterocycles. The minimum atomic E-state index is -2.82. The van der Waals surface area contributed by atoms with Crippen molar-refractivity contribution in [2.45, 2.75) is 5.92 Å². The second kappa shape index (κ2) is 5.02. The van der Waals surface area contributed by atoms with E-state index in [0.717, 1.165) is 0 Å². The molecule has 0 bridgehead atoms. The van der Waals surface area contributed by atoms with Crippen molar-refractivity contribution in [2.75, 3.05) is 19.6 Å². The van der Waals surface area contributed by atoms with Gasteiger partial charge >= 0.3 is 0 Å². The van der Waals surface area contributed by atoms with E-state index >= 15 is 0 Å². The van der Waals surface area contributed by atoms with E-state index in [9.17, 15) is 8.78 Å². The zero-order valence-corrected chi connectivity index (χ0v) is 7.84. The molecule has 1 aromatic rings. The van der Waals surface area contributed by atoms with E-state index in [1.807, 2.05) is 0 Å². The molecule has 14 heavy (non-hydrogen) atoms. The standard InChI is InChI=1S/C10H14F2N2/c11-10(12,8-14-7-6-13)9-4-2-1-3-5-9/h1-5,14H,6-8,13H2. The highest BCUT2D eigenvalue weighted by atomic mass is 19.3. The van der Waals surface area contributed by atoms with Crippen molar-refractivity contribution < 1.29 is 8.78 Å². The lowest BCUT2D eigenvalue weighted by Crippen LogP contribution is -2.33. The third-order valence-corrected chi connectivity index (χ3v) is 1.86. The summed E-state index contributed by atoms with van der Waals surface area (Å²) >= 11 is 0. The predicted octanol–water partition coefficient (Wildman–Crippen LogP) is 1.33. The topological polar surface area (TPSA) is 38.0 Å². The molecule has 0 aliphatic rings. The molecule has 1 rings (SSSR count). The summed E-state index contributed by atoms with van der Waals surface area (Å²) in [6.45, 7) is 0.404. The highest BCUT2D eigenvalue weighted by molar-refractivity contribution is 5.20.